The van der Waals surface area contributed by atoms with Crippen LogP contribution in [-0.4, -0.2) is 59.5 Å². The van der Waals surface area contributed by atoms with Crippen LogP contribution in [0.15, 0.2) is 29.3 Å². The van der Waals surface area contributed by atoms with Crippen molar-refractivity contribution in [2.45, 2.75) is 45.4 Å². The van der Waals surface area contributed by atoms with Crippen molar-refractivity contribution < 1.29 is 9.47 Å². The summed E-state index contributed by atoms with van der Waals surface area (Å²) in [7, 11) is 3.61. The van der Waals surface area contributed by atoms with Crippen molar-refractivity contribution in [3.05, 3.63) is 24.3 Å². The number of nitrogens with one attached hydrogen (secondary N) is 2. The highest BCUT2D eigenvalue weighted by molar-refractivity contribution is 5.79. The van der Waals surface area contributed by atoms with E-state index < -0.39 is 0 Å². The molecule has 3 rings (SSSR count). The van der Waals surface area contributed by atoms with Crippen molar-refractivity contribution in [3.8, 4) is 5.75 Å². The van der Waals surface area contributed by atoms with Gasteiger partial charge in [0.1, 0.15) is 5.75 Å². The minimum atomic E-state index is 0.362. The van der Waals surface area contributed by atoms with Crippen LogP contribution >= 0.6 is 0 Å². The molecular formula is C24H40N4O2. The van der Waals surface area contributed by atoms with Gasteiger partial charge in [-0.3, -0.25) is 4.99 Å². The van der Waals surface area contributed by atoms with Gasteiger partial charge < -0.3 is 25.0 Å². The highest BCUT2D eigenvalue weighted by Gasteiger charge is 2.33. The molecule has 0 amide bonds. The van der Waals surface area contributed by atoms with E-state index in [1.54, 1.807) is 7.11 Å². The molecule has 0 spiro atoms. The lowest BCUT2D eigenvalue weighted by atomic mass is 9.83. The Morgan fingerprint density at radius 1 is 1.23 bits per heavy atom. The predicted octanol–water partition coefficient (Wildman–Crippen LogP) is 3.67. The molecule has 1 saturated carbocycles. The molecule has 0 bridgehead atoms. The van der Waals surface area contributed by atoms with Crippen LogP contribution in [-0.2, 0) is 4.74 Å². The Hall–Kier alpha value is -1.95. The minimum Gasteiger partial charge on any atom is -0.495 e. The van der Waals surface area contributed by atoms with Gasteiger partial charge in [-0.05, 0) is 56.1 Å². The second-order valence-electron chi connectivity index (χ2n) is 8.73. The molecule has 30 heavy (non-hydrogen) atoms. The van der Waals surface area contributed by atoms with E-state index in [-0.39, 0.29) is 0 Å². The molecule has 2 N–H and O–H groups in total. The van der Waals surface area contributed by atoms with Crippen LogP contribution < -0.4 is 20.3 Å². The molecule has 1 unspecified atom stereocenters. The highest BCUT2D eigenvalue weighted by Crippen LogP contribution is 2.40. The van der Waals surface area contributed by atoms with Gasteiger partial charge in [-0.1, -0.05) is 25.0 Å². The van der Waals surface area contributed by atoms with Gasteiger partial charge >= 0.3 is 0 Å². The first-order valence-corrected chi connectivity index (χ1v) is 11.6. The first kappa shape index (κ1) is 22.7. The number of aliphatic imine (C=N–C) groups is 1. The van der Waals surface area contributed by atoms with Gasteiger partial charge in [0, 0.05) is 46.4 Å². The molecular weight excluding hydrogens is 376 g/mol. The van der Waals surface area contributed by atoms with Crippen molar-refractivity contribution >= 4 is 11.6 Å². The van der Waals surface area contributed by atoms with Gasteiger partial charge in [0.2, 0.25) is 0 Å². The minimum absolute atomic E-state index is 0.362. The third kappa shape index (κ3) is 6.03. The third-order valence-corrected chi connectivity index (χ3v) is 6.77. The standard InChI is InChI=1S/C24H40N4O2/c1-4-30-16-14-24(12-7-8-13-24)19-27-23(25-2)26-17-20-11-15-28(18-20)21-9-5-6-10-22(21)29-3/h5-6,9-10,20H,4,7-8,11-19H2,1-3H3,(H2,25,26,27). The Bertz CT molecular complexity index is 673. The molecule has 0 radical (unpaired) electrons. The van der Waals surface area contributed by atoms with Crippen LogP contribution in [0.4, 0.5) is 5.69 Å². The van der Waals surface area contributed by atoms with E-state index in [9.17, 15) is 0 Å². The van der Waals surface area contributed by atoms with Crippen molar-refractivity contribution in [2.24, 2.45) is 16.3 Å². The van der Waals surface area contributed by atoms with Crippen LogP contribution in [0.5, 0.6) is 5.75 Å². The van der Waals surface area contributed by atoms with E-state index >= 15 is 0 Å². The molecule has 0 aromatic heterocycles. The Labute approximate surface area is 182 Å². The lowest BCUT2D eigenvalue weighted by Gasteiger charge is -2.30. The first-order chi connectivity index (χ1) is 14.7. The van der Waals surface area contributed by atoms with Crippen LogP contribution in [0.3, 0.4) is 0 Å². The summed E-state index contributed by atoms with van der Waals surface area (Å²) in [6.07, 6.45) is 7.57. The van der Waals surface area contributed by atoms with Crippen LogP contribution in [0.2, 0.25) is 0 Å². The average Bonchev–Trinajstić information content (AvgIpc) is 3.44. The van der Waals surface area contributed by atoms with E-state index in [0.717, 1.165) is 57.5 Å². The van der Waals surface area contributed by atoms with Gasteiger partial charge in [0.25, 0.3) is 0 Å². The van der Waals surface area contributed by atoms with E-state index in [2.05, 4.69) is 39.6 Å². The van der Waals surface area contributed by atoms with E-state index in [4.69, 9.17) is 9.47 Å². The quantitative estimate of drug-likeness (QED) is 0.346. The molecule has 1 aliphatic heterocycles. The largest absolute Gasteiger partial charge is 0.495 e. The Balaban J connectivity index is 1.45. The average molecular weight is 417 g/mol. The molecule has 1 heterocycles. The fraction of sp³-hybridized carbons (Fsp3) is 0.708. The van der Waals surface area contributed by atoms with Crippen molar-refractivity contribution in [3.63, 3.8) is 0 Å². The SMILES string of the molecule is CCOCCC1(CNC(=NC)NCC2CCN(c3ccccc3OC)C2)CCCC1. The number of methoxy groups -OCH3 is 1. The summed E-state index contributed by atoms with van der Waals surface area (Å²) in [6, 6.07) is 8.30. The lowest BCUT2D eigenvalue weighted by Crippen LogP contribution is -2.45. The van der Waals surface area contributed by atoms with Gasteiger partial charge in [0.15, 0.2) is 5.96 Å². The molecule has 1 aliphatic carbocycles. The summed E-state index contributed by atoms with van der Waals surface area (Å²) in [5, 5.41) is 7.18. The molecule has 2 fully saturated rings. The zero-order chi connectivity index (χ0) is 21.2. The number of hydrogen-bond acceptors (Lipinski definition) is 4. The van der Waals surface area contributed by atoms with E-state index in [0.29, 0.717) is 11.3 Å². The lowest BCUT2D eigenvalue weighted by molar-refractivity contribution is 0.105. The maximum absolute atomic E-state index is 5.64. The number of guanidine groups is 1. The van der Waals surface area contributed by atoms with Crippen molar-refractivity contribution in [2.75, 3.05) is 58.5 Å². The van der Waals surface area contributed by atoms with E-state index in [1.807, 2.05) is 19.2 Å². The van der Waals surface area contributed by atoms with Crippen LogP contribution in [0, 0.1) is 11.3 Å². The number of para-hydroxylation sites is 2. The third-order valence-electron chi connectivity index (χ3n) is 6.77. The Kier molecular flexibility index (Phi) is 8.67. The second kappa shape index (κ2) is 11.4. The monoisotopic (exact) mass is 416 g/mol. The molecule has 6 nitrogen and oxygen atoms in total. The number of nitrogens with zero attached hydrogens (tertiary/aromatic N) is 2. The van der Waals surface area contributed by atoms with Gasteiger partial charge in [-0.15, -0.1) is 0 Å². The number of rotatable bonds is 10. The molecule has 1 aromatic carbocycles. The zero-order valence-electron chi connectivity index (χ0n) is 19.1. The number of benzene rings is 1. The Morgan fingerprint density at radius 3 is 2.77 bits per heavy atom. The van der Waals surface area contributed by atoms with E-state index in [1.165, 1.54) is 37.8 Å². The molecule has 1 atom stereocenters. The van der Waals surface area contributed by atoms with Crippen molar-refractivity contribution in [1.82, 2.24) is 10.6 Å². The number of ether oxygens (including phenoxy) is 2. The summed E-state index contributed by atoms with van der Waals surface area (Å²) in [5.74, 6) is 2.48. The van der Waals surface area contributed by atoms with Crippen molar-refractivity contribution in [1.29, 1.82) is 0 Å². The van der Waals surface area contributed by atoms with Crippen LogP contribution in [0.1, 0.15) is 45.4 Å². The maximum atomic E-state index is 5.64. The molecule has 2 aliphatic rings. The fourth-order valence-electron chi connectivity index (χ4n) is 4.92. The molecule has 168 valence electrons. The second-order valence-corrected chi connectivity index (χ2v) is 8.73. The first-order valence-electron chi connectivity index (χ1n) is 11.6. The molecule has 6 heteroatoms. The molecule has 1 aromatic rings. The predicted molar refractivity (Wildman–Crippen MR) is 125 cm³/mol. The summed E-state index contributed by atoms with van der Waals surface area (Å²) in [4.78, 5) is 6.90. The summed E-state index contributed by atoms with van der Waals surface area (Å²) >= 11 is 0. The zero-order valence-corrected chi connectivity index (χ0v) is 19.1. The fourth-order valence-corrected chi connectivity index (χ4v) is 4.92. The summed E-state index contributed by atoms with van der Waals surface area (Å²) in [6.45, 7) is 7.78. The van der Waals surface area contributed by atoms with Gasteiger partial charge in [-0.2, -0.15) is 0 Å². The number of anilines is 1. The normalized spacial score (nSPS) is 21.1. The highest BCUT2D eigenvalue weighted by atomic mass is 16.5. The molecule has 1 saturated heterocycles. The number of hydrogen-bond donors (Lipinski definition) is 2. The maximum Gasteiger partial charge on any atom is 0.191 e. The summed E-state index contributed by atoms with van der Waals surface area (Å²) < 4.78 is 11.2. The Morgan fingerprint density at radius 2 is 2.03 bits per heavy atom. The smallest absolute Gasteiger partial charge is 0.191 e. The summed E-state index contributed by atoms with van der Waals surface area (Å²) in [5.41, 5.74) is 1.56. The van der Waals surface area contributed by atoms with Crippen LogP contribution in [0.25, 0.3) is 0 Å². The van der Waals surface area contributed by atoms with Gasteiger partial charge in [-0.25, -0.2) is 0 Å². The van der Waals surface area contributed by atoms with Gasteiger partial charge in [0.05, 0.1) is 12.8 Å². The topological polar surface area (TPSA) is 58.1 Å².